The van der Waals surface area contributed by atoms with Gasteiger partial charge in [-0.2, -0.15) is 8.42 Å². The fourth-order valence-electron chi connectivity index (χ4n) is 4.50. The van der Waals surface area contributed by atoms with Crippen molar-refractivity contribution in [1.82, 2.24) is 19.5 Å². The van der Waals surface area contributed by atoms with Crippen molar-refractivity contribution in [3.05, 3.63) is 60.6 Å². The normalized spacial score (nSPS) is 13.9. The van der Waals surface area contributed by atoms with Gasteiger partial charge in [0, 0.05) is 76.4 Å². The third-order valence-electron chi connectivity index (χ3n) is 6.31. The number of fused-ring (bicyclic) bond motifs is 1. The maximum atomic E-state index is 13.1. The van der Waals surface area contributed by atoms with Crippen molar-refractivity contribution in [3.63, 3.8) is 0 Å². The second-order valence-corrected chi connectivity index (χ2v) is 10.5. The summed E-state index contributed by atoms with van der Waals surface area (Å²) >= 11 is 0. The zero-order chi connectivity index (χ0) is 24.4. The minimum Gasteiger partial charge on any atom is -0.497 e. The number of hydrogen-bond acceptors (Lipinski definition) is 7. The number of ether oxygens (including phenoxy) is 1. The summed E-state index contributed by atoms with van der Waals surface area (Å²) in [5, 5.41) is 3.26. The van der Waals surface area contributed by atoms with Gasteiger partial charge in [0.2, 0.25) is 0 Å². The molecule has 2 aromatic carbocycles. The standard InChI is InChI=1S/C25H28N6O3S.K/c1-31-15-23(26-16-31)35(32,33)30-25-24(27-20-9-5-6-10-21(20)28-25)29-22-14-19(34-2)12-11-18(22)13-17-7-3-4-8-17;/h5-6,9-12,14-17H,3-4,7-8,13H2,1-2H3,(H,27,29)(H,28,30);. The van der Waals surface area contributed by atoms with Crippen molar-refractivity contribution in [2.75, 3.05) is 17.1 Å². The Morgan fingerprint density at radius 2 is 1.75 bits per heavy atom. The monoisotopic (exact) mass is 531 g/mol. The Labute approximate surface area is 253 Å². The molecule has 1 saturated carbocycles. The first-order valence-corrected chi connectivity index (χ1v) is 13.1. The number of aryl methyl sites for hydroxylation is 1. The quantitative estimate of drug-likeness (QED) is 0.327. The molecule has 9 nitrogen and oxygen atoms in total. The largest absolute Gasteiger partial charge is 0.497 e. The molecule has 2 aromatic heterocycles. The first-order valence-electron chi connectivity index (χ1n) is 11.6. The Balaban J connectivity index is 0.00000304. The Bertz CT molecular complexity index is 1470. The van der Waals surface area contributed by atoms with Gasteiger partial charge in [-0.15, -0.1) is 0 Å². The van der Waals surface area contributed by atoms with E-state index in [4.69, 9.17) is 9.72 Å². The molecule has 0 atom stereocenters. The number of para-hydroxylation sites is 2. The number of hydrogen-bond donors (Lipinski definition) is 2. The number of anilines is 3. The van der Waals surface area contributed by atoms with Crippen LogP contribution >= 0.6 is 0 Å². The van der Waals surface area contributed by atoms with Gasteiger partial charge >= 0.3 is 0 Å². The SMILES string of the molecule is COc1ccc(CC2CCCC2)c(Nc2nc3ccccc3nc2NS(=O)(=O)c2cn(C)cn2)c1.[K]. The summed E-state index contributed by atoms with van der Waals surface area (Å²) in [4.78, 5) is 13.3. The molecule has 4 aromatic rings. The molecule has 0 unspecified atom stereocenters. The number of sulfonamides is 1. The molecule has 0 spiro atoms. The summed E-state index contributed by atoms with van der Waals surface area (Å²) in [7, 11) is -0.632. The van der Waals surface area contributed by atoms with E-state index in [1.807, 2.05) is 30.3 Å². The van der Waals surface area contributed by atoms with Crippen LogP contribution in [0.25, 0.3) is 11.0 Å². The van der Waals surface area contributed by atoms with E-state index < -0.39 is 10.0 Å². The number of methoxy groups -OCH3 is 1. The molecule has 183 valence electrons. The van der Waals surface area contributed by atoms with Crippen LogP contribution in [-0.4, -0.2) is 86.4 Å². The van der Waals surface area contributed by atoms with Crippen molar-refractivity contribution < 1.29 is 13.2 Å². The number of benzene rings is 2. The summed E-state index contributed by atoms with van der Waals surface area (Å²) in [5.74, 6) is 1.74. The van der Waals surface area contributed by atoms with E-state index in [9.17, 15) is 8.42 Å². The van der Waals surface area contributed by atoms with Crippen LogP contribution in [0.2, 0.25) is 0 Å². The Kier molecular flexibility index (Phi) is 8.69. The predicted molar refractivity (Wildman–Crippen MR) is 141 cm³/mol. The molecule has 0 aliphatic heterocycles. The summed E-state index contributed by atoms with van der Waals surface area (Å²) in [6, 6.07) is 13.3. The number of nitrogens with zero attached hydrogens (tertiary/aromatic N) is 4. The minimum atomic E-state index is -3.97. The summed E-state index contributed by atoms with van der Waals surface area (Å²) in [5.41, 5.74) is 3.18. The van der Waals surface area contributed by atoms with Crippen molar-refractivity contribution in [2.24, 2.45) is 13.0 Å². The van der Waals surface area contributed by atoms with E-state index in [0.29, 0.717) is 28.5 Å². The van der Waals surface area contributed by atoms with Gasteiger partial charge in [0.05, 0.1) is 24.5 Å². The van der Waals surface area contributed by atoms with Crippen LogP contribution in [0.15, 0.2) is 60.0 Å². The van der Waals surface area contributed by atoms with Gasteiger partial charge in [-0.3, -0.25) is 4.72 Å². The zero-order valence-electron chi connectivity index (χ0n) is 20.7. The van der Waals surface area contributed by atoms with E-state index in [2.05, 4.69) is 26.1 Å². The third kappa shape index (κ3) is 6.09. The number of rotatable bonds is 8. The van der Waals surface area contributed by atoms with Gasteiger partial charge in [-0.25, -0.2) is 15.0 Å². The van der Waals surface area contributed by atoms with Gasteiger partial charge < -0.3 is 14.6 Å². The summed E-state index contributed by atoms with van der Waals surface area (Å²) < 4.78 is 35.7. The molecule has 0 amide bonds. The van der Waals surface area contributed by atoms with E-state index in [-0.39, 0.29) is 62.2 Å². The molecule has 0 saturated heterocycles. The molecule has 2 N–H and O–H groups in total. The van der Waals surface area contributed by atoms with E-state index in [1.165, 1.54) is 38.2 Å². The molecular weight excluding hydrogens is 503 g/mol. The summed E-state index contributed by atoms with van der Waals surface area (Å²) in [6.45, 7) is 0. The van der Waals surface area contributed by atoms with Crippen LogP contribution < -0.4 is 14.8 Å². The van der Waals surface area contributed by atoms with E-state index in [0.717, 1.165) is 17.7 Å². The van der Waals surface area contributed by atoms with Gasteiger partial charge in [0.15, 0.2) is 16.7 Å². The first-order chi connectivity index (χ1) is 16.9. The number of imidazole rings is 1. The van der Waals surface area contributed by atoms with Crippen molar-refractivity contribution in [2.45, 2.75) is 37.1 Å². The molecule has 36 heavy (non-hydrogen) atoms. The summed E-state index contributed by atoms with van der Waals surface area (Å²) in [6.07, 6.45) is 8.77. The second kappa shape index (κ2) is 11.6. The first kappa shape index (κ1) is 27.0. The van der Waals surface area contributed by atoms with Crippen LogP contribution in [0.1, 0.15) is 31.2 Å². The molecule has 1 radical (unpaired) electrons. The zero-order valence-corrected chi connectivity index (χ0v) is 24.7. The predicted octanol–water partition coefficient (Wildman–Crippen LogP) is 4.27. The maximum Gasteiger partial charge on any atom is 0.282 e. The van der Waals surface area contributed by atoms with Crippen LogP contribution in [0, 0.1) is 5.92 Å². The minimum absolute atomic E-state index is 0. The maximum absolute atomic E-state index is 13.1. The third-order valence-corrected chi connectivity index (χ3v) is 7.54. The van der Waals surface area contributed by atoms with E-state index >= 15 is 0 Å². The number of aromatic nitrogens is 4. The van der Waals surface area contributed by atoms with E-state index in [1.54, 1.807) is 24.8 Å². The molecule has 1 aliphatic rings. The topological polar surface area (TPSA) is 111 Å². The van der Waals surface area contributed by atoms with Crippen LogP contribution in [0.4, 0.5) is 17.3 Å². The average molecular weight is 532 g/mol. The molecule has 1 aliphatic carbocycles. The molecule has 1 fully saturated rings. The van der Waals surface area contributed by atoms with Gasteiger partial charge in [0.1, 0.15) is 5.75 Å². The van der Waals surface area contributed by atoms with Crippen molar-refractivity contribution >= 4 is 89.8 Å². The average Bonchev–Trinajstić information content (AvgIpc) is 3.52. The Morgan fingerprint density at radius 3 is 2.39 bits per heavy atom. The Hall–Kier alpha value is -2.02. The molecular formula is C25H28KN6O3S. The van der Waals surface area contributed by atoms with Crippen LogP contribution in [0.5, 0.6) is 5.75 Å². The fraction of sp³-hybridized carbons (Fsp3) is 0.320. The molecule has 5 rings (SSSR count). The van der Waals surface area contributed by atoms with Gasteiger partial charge in [0.25, 0.3) is 10.0 Å². The number of nitrogens with one attached hydrogen (secondary N) is 2. The molecule has 2 heterocycles. The van der Waals surface area contributed by atoms with Gasteiger partial charge in [-0.1, -0.05) is 43.9 Å². The van der Waals surface area contributed by atoms with Gasteiger partial charge in [-0.05, 0) is 36.1 Å². The Morgan fingerprint density at radius 1 is 1.06 bits per heavy atom. The van der Waals surface area contributed by atoms with Crippen LogP contribution in [0.3, 0.4) is 0 Å². The van der Waals surface area contributed by atoms with Crippen molar-refractivity contribution in [1.29, 1.82) is 0 Å². The van der Waals surface area contributed by atoms with Crippen molar-refractivity contribution in [3.8, 4) is 5.75 Å². The fourth-order valence-corrected chi connectivity index (χ4v) is 5.49. The molecule has 11 heteroatoms. The van der Waals surface area contributed by atoms with Crippen LogP contribution in [-0.2, 0) is 23.5 Å². The smallest absolute Gasteiger partial charge is 0.282 e. The second-order valence-electron chi connectivity index (χ2n) is 8.90. The molecule has 0 bridgehead atoms.